The van der Waals surface area contributed by atoms with Crippen molar-refractivity contribution in [3.8, 4) is 0 Å². The molecule has 1 atom stereocenters. The lowest BCUT2D eigenvalue weighted by Crippen LogP contribution is -2.31. The first-order valence-electron chi connectivity index (χ1n) is 4.79. The lowest BCUT2D eigenvalue weighted by molar-refractivity contribution is 0.217. The highest BCUT2D eigenvalue weighted by Crippen LogP contribution is 2.13. The number of hydrogen-bond acceptors (Lipinski definition) is 4. The molecule has 5 nitrogen and oxygen atoms in total. The largest absolute Gasteiger partial charge is 0.388 e. The fourth-order valence-corrected chi connectivity index (χ4v) is 1.48. The zero-order chi connectivity index (χ0) is 9.97. The van der Waals surface area contributed by atoms with E-state index in [-0.39, 0.29) is 0 Å². The van der Waals surface area contributed by atoms with E-state index in [2.05, 4.69) is 15.6 Å². The molecule has 0 saturated heterocycles. The minimum atomic E-state index is -0.412. The summed E-state index contributed by atoms with van der Waals surface area (Å²) in [6.07, 6.45) is 3.32. The first kappa shape index (κ1) is 9.36. The van der Waals surface area contributed by atoms with Gasteiger partial charge in [-0.2, -0.15) is 0 Å². The van der Waals surface area contributed by atoms with Gasteiger partial charge >= 0.3 is 0 Å². The molecule has 0 bridgehead atoms. The van der Waals surface area contributed by atoms with Gasteiger partial charge in [-0.05, 0) is 18.6 Å². The summed E-state index contributed by atoms with van der Waals surface area (Å²) in [4.78, 5) is 0. The number of aliphatic hydroxyl groups excluding tert-OH is 1. The number of nitrogens with one attached hydrogen (secondary N) is 1. The Morgan fingerprint density at radius 2 is 2.57 bits per heavy atom. The molecule has 2 rings (SSSR count). The maximum absolute atomic E-state index is 9.41. The molecule has 5 heteroatoms. The summed E-state index contributed by atoms with van der Waals surface area (Å²) in [5.41, 5.74) is 1.86. The molecule has 14 heavy (non-hydrogen) atoms. The van der Waals surface area contributed by atoms with Crippen molar-refractivity contribution in [3.63, 3.8) is 0 Å². The van der Waals surface area contributed by atoms with Crippen molar-refractivity contribution < 1.29 is 5.11 Å². The van der Waals surface area contributed by atoms with Crippen LogP contribution in [0.25, 0.3) is 5.57 Å². The average Bonchev–Trinajstić information content (AvgIpc) is 2.66. The van der Waals surface area contributed by atoms with E-state index in [1.807, 2.05) is 19.2 Å². The number of nitrogens with zero attached hydrogens (tertiary/aromatic N) is 3. The fraction of sp³-hybridized carbons (Fsp3) is 0.556. The van der Waals surface area contributed by atoms with Crippen LogP contribution in [0.2, 0.25) is 0 Å². The standard InChI is InChI=1S/C9H14N4O/c1-2-13-6-9(11-12-13)7-3-8(14)5-10-4-7/h3,6,8,10,14H,2,4-5H2,1H3. The van der Waals surface area contributed by atoms with Crippen LogP contribution in [0.15, 0.2) is 12.3 Å². The van der Waals surface area contributed by atoms with Crippen LogP contribution in [-0.2, 0) is 6.54 Å². The van der Waals surface area contributed by atoms with Crippen LogP contribution in [0, 0.1) is 0 Å². The maximum atomic E-state index is 9.41. The van der Waals surface area contributed by atoms with Crippen LogP contribution < -0.4 is 5.32 Å². The number of hydrogen-bond donors (Lipinski definition) is 2. The second kappa shape index (κ2) is 3.89. The van der Waals surface area contributed by atoms with E-state index in [0.29, 0.717) is 6.54 Å². The van der Waals surface area contributed by atoms with Crippen LogP contribution in [0.3, 0.4) is 0 Å². The molecule has 1 aromatic heterocycles. The number of aromatic nitrogens is 3. The maximum Gasteiger partial charge on any atom is 0.110 e. The molecule has 2 heterocycles. The van der Waals surface area contributed by atoms with Gasteiger partial charge < -0.3 is 10.4 Å². The molecule has 0 aromatic carbocycles. The Bertz CT molecular complexity index is 344. The van der Waals surface area contributed by atoms with Crippen molar-refractivity contribution in [3.05, 3.63) is 18.0 Å². The Labute approximate surface area is 82.4 Å². The summed E-state index contributed by atoms with van der Waals surface area (Å²) in [5.74, 6) is 0. The summed E-state index contributed by atoms with van der Waals surface area (Å²) in [5, 5.41) is 20.5. The lowest BCUT2D eigenvalue weighted by Gasteiger charge is -2.16. The van der Waals surface area contributed by atoms with Crippen molar-refractivity contribution in [2.24, 2.45) is 0 Å². The van der Waals surface area contributed by atoms with Crippen molar-refractivity contribution in [2.75, 3.05) is 13.1 Å². The Balaban J connectivity index is 2.21. The topological polar surface area (TPSA) is 63.0 Å². The predicted octanol–water partition coefficient (Wildman–Crippen LogP) is -0.355. The molecule has 1 unspecified atom stereocenters. The Morgan fingerprint density at radius 3 is 3.21 bits per heavy atom. The highest BCUT2D eigenvalue weighted by molar-refractivity contribution is 5.64. The van der Waals surface area contributed by atoms with E-state index in [9.17, 15) is 5.11 Å². The van der Waals surface area contributed by atoms with Gasteiger partial charge in [0.25, 0.3) is 0 Å². The molecule has 0 aliphatic carbocycles. The predicted molar refractivity (Wildman–Crippen MR) is 52.5 cm³/mol. The molecule has 2 N–H and O–H groups in total. The third-order valence-electron chi connectivity index (χ3n) is 2.25. The van der Waals surface area contributed by atoms with Crippen LogP contribution in [0.4, 0.5) is 0 Å². The molecule has 0 radical (unpaired) electrons. The Hall–Kier alpha value is -1.20. The van der Waals surface area contributed by atoms with Gasteiger partial charge in [-0.15, -0.1) is 5.10 Å². The van der Waals surface area contributed by atoms with E-state index in [4.69, 9.17) is 0 Å². The third kappa shape index (κ3) is 1.83. The zero-order valence-corrected chi connectivity index (χ0v) is 8.14. The minimum absolute atomic E-state index is 0.412. The number of aliphatic hydroxyl groups is 1. The van der Waals surface area contributed by atoms with E-state index in [0.717, 1.165) is 24.4 Å². The Morgan fingerprint density at radius 1 is 1.71 bits per heavy atom. The number of β-amino-alcohol motifs (C(OH)–C–C–N with tert-alkyl or cyclic N) is 1. The van der Waals surface area contributed by atoms with E-state index < -0.39 is 6.10 Å². The molecule has 1 aliphatic heterocycles. The zero-order valence-electron chi connectivity index (χ0n) is 8.14. The van der Waals surface area contributed by atoms with Gasteiger partial charge in [-0.3, -0.25) is 4.68 Å². The highest BCUT2D eigenvalue weighted by atomic mass is 16.3. The second-order valence-corrected chi connectivity index (χ2v) is 3.35. The summed E-state index contributed by atoms with van der Waals surface area (Å²) in [7, 11) is 0. The molecule has 1 aromatic rings. The van der Waals surface area contributed by atoms with Crippen LogP contribution in [0.1, 0.15) is 12.6 Å². The first-order chi connectivity index (χ1) is 6.79. The molecule has 1 aliphatic rings. The van der Waals surface area contributed by atoms with Gasteiger partial charge in [0.15, 0.2) is 0 Å². The lowest BCUT2D eigenvalue weighted by atomic mass is 10.1. The number of aryl methyl sites for hydroxylation is 1. The summed E-state index contributed by atoms with van der Waals surface area (Å²) in [6.45, 7) is 4.20. The SMILES string of the molecule is CCn1cc(C2=CC(O)CNC2)nn1. The summed E-state index contributed by atoms with van der Waals surface area (Å²) < 4.78 is 1.77. The minimum Gasteiger partial charge on any atom is -0.388 e. The first-order valence-corrected chi connectivity index (χ1v) is 4.79. The number of rotatable bonds is 2. The second-order valence-electron chi connectivity index (χ2n) is 3.35. The molecular formula is C9H14N4O. The summed E-state index contributed by atoms with van der Waals surface area (Å²) >= 11 is 0. The monoisotopic (exact) mass is 194 g/mol. The van der Waals surface area contributed by atoms with Crippen molar-refractivity contribution in [1.82, 2.24) is 20.3 Å². The molecule has 0 amide bonds. The fourth-order valence-electron chi connectivity index (χ4n) is 1.48. The van der Waals surface area contributed by atoms with E-state index in [1.165, 1.54) is 0 Å². The quantitative estimate of drug-likeness (QED) is 0.675. The molecular weight excluding hydrogens is 180 g/mol. The third-order valence-corrected chi connectivity index (χ3v) is 2.25. The van der Waals surface area contributed by atoms with Gasteiger partial charge in [0.1, 0.15) is 5.69 Å². The van der Waals surface area contributed by atoms with E-state index >= 15 is 0 Å². The highest BCUT2D eigenvalue weighted by Gasteiger charge is 2.13. The van der Waals surface area contributed by atoms with Gasteiger partial charge in [0.2, 0.25) is 0 Å². The van der Waals surface area contributed by atoms with E-state index in [1.54, 1.807) is 4.68 Å². The molecule has 76 valence electrons. The van der Waals surface area contributed by atoms with Crippen molar-refractivity contribution in [2.45, 2.75) is 19.6 Å². The van der Waals surface area contributed by atoms with Crippen molar-refractivity contribution >= 4 is 5.57 Å². The van der Waals surface area contributed by atoms with Gasteiger partial charge in [0.05, 0.1) is 12.3 Å². The Kier molecular flexibility index (Phi) is 2.60. The van der Waals surface area contributed by atoms with Crippen molar-refractivity contribution in [1.29, 1.82) is 0 Å². The normalized spacial score (nSPS) is 22.1. The molecule has 0 saturated carbocycles. The van der Waals surface area contributed by atoms with Gasteiger partial charge in [0, 0.05) is 19.6 Å². The van der Waals surface area contributed by atoms with Crippen LogP contribution in [-0.4, -0.2) is 39.3 Å². The van der Waals surface area contributed by atoms with Gasteiger partial charge in [-0.25, -0.2) is 0 Å². The smallest absolute Gasteiger partial charge is 0.110 e. The molecule has 0 fully saturated rings. The summed E-state index contributed by atoms with van der Waals surface area (Å²) in [6, 6.07) is 0. The van der Waals surface area contributed by atoms with Crippen LogP contribution in [0.5, 0.6) is 0 Å². The average molecular weight is 194 g/mol. The van der Waals surface area contributed by atoms with Gasteiger partial charge in [-0.1, -0.05) is 5.21 Å². The molecule has 0 spiro atoms. The van der Waals surface area contributed by atoms with Crippen LogP contribution >= 0.6 is 0 Å².